The van der Waals surface area contributed by atoms with Crippen LogP contribution in [0.4, 0.5) is 5.69 Å². The number of pyridine rings is 1. The monoisotopic (exact) mass is 308 g/mol. The average Bonchev–Trinajstić information content (AvgIpc) is 3.10. The minimum Gasteiger partial charge on any atom is -0.388 e. The summed E-state index contributed by atoms with van der Waals surface area (Å²) in [6.07, 6.45) is 4.14. The van der Waals surface area contributed by atoms with E-state index in [9.17, 15) is 9.90 Å². The van der Waals surface area contributed by atoms with Gasteiger partial charge in [-0.05, 0) is 23.8 Å². The molecule has 2 aromatic heterocycles. The van der Waals surface area contributed by atoms with Crippen LogP contribution in [0.3, 0.4) is 0 Å². The fraction of sp³-hybridized carbons (Fsp3) is 0.118. The summed E-state index contributed by atoms with van der Waals surface area (Å²) in [4.78, 5) is 16.4. The molecule has 0 saturated heterocycles. The van der Waals surface area contributed by atoms with Crippen molar-refractivity contribution in [1.82, 2.24) is 14.8 Å². The maximum absolute atomic E-state index is 12.2. The van der Waals surface area contributed by atoms with Gasteiger partial charge in [-0.2, -0.15) is 5.10 Å². The molecule has 0 saturated carbocycles. The highest BCUT2D eigenvalue weighted by molar-refractivity contribution is 5.92. The van der Waals surface area contributed by atoms with Crippen molar-refractivity contribution in [1.29, 1.82) is 0 Å². The number of anilines is 1. The van der Waals surface area contributed by atoms with Gasteiger partial charge in [0, 0.05) is 18.6 Å². The van der Waals surface area contributed by atoms with Gasteiger partial charge in [-0.15, -0.1) is 0 Å². The molecule has 1 unspecified atom stereocenters. The van der Waals surface area contributed by atoms with Crippen molar-refractivity contribution in [2.24, 2.45) is 0 Å². The Hall–Kier alpha value is -2.99. The summed E-state index contributed by atoms with van der Waals surface area (Å²) in [6.45, 7) is 0. The predicted octanol–water partition coefficient (Wildman–Crippen LogP) is 2.33. The van der Waals surface area contributed by atoms with Crippen LogP contribution in [0.25, 0.3) is 5.82 Å². The molecule has 0 radical (unpaired) electrons. The first kappa shape index (κ1) is 14.9. The maximum Gasteiger partial charge on any atom is 0.227 e. The SMILES string of the molecule is O=C(CC(O)c1ccccc1)Nc1cccnc1-n1cccn1. The number of nitrogens with one attached hydrogen (secondary N) is 1. The van der Waals surface area contributed by atoms with Crippen LogP contribution < -0.4 is 5.32 Å². The number of hydrogen-bond acceptors (Lipinski definition) is 4. The van der Waals surface area contributed by atoms with Crippen molar-refractivity contribution in [3.63, 3.8) is 0 Å². The molecule has 116 valence electrons. The van der Waals surface area contributed by atoms with Crippen LogP contribution in [-0.2, 0) is 4.79 Å². The first-order valence-electron chi connectivity index (χ1n) is 7.22. The summed E-state index contributed by atoms with van der Waals surface area (Å²) in [5, 5.41) is 17.0. The van der Waals surface area contributed by atoms with E-state index in [1.165, 1.54) is 0 Å². The Balaban J connectivity index is 1.72. The topological polar surface area (TPSA) is 80.0 Å². The van der Waals surface area contributed by atoms with Gasteiger partial charge >= 0.3 is 0 Å². The molecule has 2 heterocycles. The number of rotatable bonds is 5. The molecule has 23 heavy (non-hydrogen) atoms. The smallest absolute Gasteiger partial charge is 0.227 e. The molecule has 3 rings (SSSR count). The highest BCUT2D eigenvalue weighted by atomic mass is 16.3. The standard InChI is InChI=1S/C17H16N4O2/c22-15(13-6-2-1-3-7-13)12-16(23)20-14-8-4-9-18-17(14)21-11-5-10-19-21/h1-11,15,22H,12H2,(H,20,23). The van der Waals surface area contributed by atoms with E-state index in [0.29, 0.717) is 17.1 Å². The zero-order chi connectivity index (χ0) is 16.1. The number of carbonyl (C=O) groups excluding carboxylic acids is 1. The normalized spacial score (nSPS) is 11.9. The molecule has 0 bridgehead atoms. The molecule has 0 fully saturated rings. The molecule has 6 nitrogen and oxygen atoms in total. The zero-order valence-electron chi connectivity index (χ0n) is 12.3. The number of hydrogen-bond donors (Lipinski definition) is 2. The molecule has 0 aliphatic heterocycles. The summed E-state index contributed by atoms with van der Waals surface area (Å²) in [5.74, 6) is 0.239. The third kappa shape index (κ3) is 3.61. The summed E-state index contributed by atoms with van der Waals surface area (Å²) in [5.41, 5.74) is 1.25. The van der Waals surface area contributed by atoms with E-state index in [4.69, 9.17) is 0 Å². The minimum atomic E-state index is -0.846. The van der Waals surface area contributed by atoms with Crippen molar-refractivity contribution in [3.05, 3.63) is 72.7 Å². The third-order valence-corrected chi connectivity index (χ3v) is 3.35. The first-order valence-corrected chi connectivity index (χ1v) is 7.22. The molecule has 3 aromatic rings. The number of nitrogens with zero attached hydrogens (tertiary/aromatic N) is 3. The predicted molar refractivity (Wildman–Crippen MR) is 86.0 cm³/mol. The van der Waals surface area contributed by atoms with Gasteiger partial charge in [0.2, 0.25) is 5.91 Å². The summed E-state index contributed by atoms with van der Waals surface area (Å²) in [6, 6.07) is 14.4. The molecule has 0 aliphatic carbocycles. The molecule has 0 aliphatic rings. The highest BCUT2D eigenvalue weighted by Crippen LogP contribution is 2.19. The average molecular weight is 308 g/mol. The fourth-order valence-corrected chi connectivity index (χ4v) is 2.24. The Bertz CT molecular complexity index is 772. The molecule has 0 spiro atoms. The van der Waals surface area contributed by atoms with E-state index in [-0.39, 0.29) is 12.3 Å². The second kappa shape index (κ2) is 6.85. The number of aromatic nitrogens is 3. The van der Waals surface area contributed by atoms with Gasteiger partial charge in [0.1, 0.15) is 0 Å². The minimum absolute atomic E-state index is 0.0303. The van der Waals surface area contributed by atoms with Crippen LogP contribution in [0.2, 0.25) is 0 Å². The third-order valence-electron chi connectivity index (χ3n) is 3.35. The zero-order valence-corrected chi connectivity index (χ0v) is 12.3. The van der Waals surface area contributed by atoms with Crippen molar-refractivity contribution in [2.75, 3.05) is 5.32 Å². The lowest BCUT2D eigenvalue weighted by molar-refractivity contribution is -0.118. The lowest BCUT2D eigenvalue weighted by Gasteiger charge is -2.13. The Labute approximate surface area is 133 Å². The van der Waals surface area contributed by atoms with Crippen molar-refractivity contribution in [2.45, 2.75) is 12.5 Å². The number of benzene rings is 1. The Morgan fingerprint density at radius 2 is 1.96 bits per heavy atom. The van der Waals surface area contributed by atoms with E-state index in [0.717, 1.165) is 0 Å². The van der Waals surface area contributed by atoms with Crippen LogP contribution in [0.15, 0.2) is 67.1 Å². The lowest BCUT2D eigenvalue weighted by Crippen LogP contribution is -2.17. The quantitative estimate of drug-likeness (QED) is 0.758. The van der Waals surface area contributed by atoms with Crippen LogP contribution in [0.1, 0.15) is 18.1 Å². The van der Waals surface area contributed by atoms with Crippen molar-refractivity contribution >= 4 is 11.6 Å². The lowest BCUT2D eigenvalue weighted by atomic mass is 10.1. The molecule has 6 heteroatoms. The van der Waals surface area contributed by atoms with Gasteiger partial charge in [-0.25, -0.2) is 9.67 Å². The summed E-state index contributed by atoms with van der Waals surface area (Å²) >= 11 is 0. The fourth-order valence-electron chi connectivity index (χ4n) is 2.24. The Morgan fingerprint density at radius 3 is 2.70 bits per heavy atom. The van der Waals surface area contributed by atoms with Crippen molar-refractivity contribution < 1.29 is 9.90 Å². The molecule has 1 amide bonds. The van der Waals surface area contributed by atoms with Gasteiger partial charge in [-0.3, -0.25) is 4.79 Å². The molecular formula is C17H16N4O2. The molecule has 1 atom stereocenters. The van der Waals surface area contributed by atoms with Gasteiger partial charge in [0.05, 0.1) is 18.2 Å². The van der Waals surface area contributed by atoms with E-state index in [1.807, 2.05) is 18.2 Å². The van der Waals surface area contributed by atoms with Crippen LogP contribution in [-0.4, -0.2) is 25.8 Å². The van der Waals surface area contributed by atoms with Gasteiger partial charge in [0.15, 0.2) is 5.82 Å². The second-order valence-corrected chi connectivity index (χ2v) is 5.00. The molecule has 2 N–H and O–H groups in total. The number of amides is 1. The largest absolute Gasteiger partial charge is 0.388 e. The Morgan fingerprint density at radius 1 is 1.13 bits per heavy atom. The summed E-state index contributed by atoms with van der Waals surface area (Å²) in [7, 11) is 0. The van der Waals surface area contributed by atoms with E-state index >= 15 is 0 Å². The van der Waals surface area contributed by atoms with Crippen LogP contribution >= 0.6 is 0 Å². The van der Waals surface area contributed by atoms with Gasteiger partial charge < -0.3 is 10.4 Å². The summed E-state index contributed by atoms with van der Waals surface area (Å²) < 4.78 is 1.57. The number of carbonyl (C=O) groups is 1. The van der Waals surface area contributed by atoms with Crippen LogP contribution in [0, 0.1) is 0 Å². The number of aliphatic hydroxyl groups excluding tert-OH is 1. The number of aliphatic hydroxyl groups is 1. The van der Waals surface area contributed by atoms with E-state index in [1.54, 1.807) is 53.6 Å². The van der Waals surface area contributed by atoms with E-state index < -0.39 is 6.10 Å². The van der Waals surface area contributed by atoms with Crippen molar-refractivity contribution in [3.8, 4) is 5.82 Å². The first-order chi connectivity index (χ1) is 11.2. The molecule has 1 aromatic carbocycles. The van der Waals surface area contributed by atoms with Gasteiger partial charge in [-0.1, -0.05) is 30.3 Å². The second-order valence-electron chi connectivity index (χ2n) is 5.00. The highest BCUT2D eigenvalue weighted by Gasteiger charge is 2.15. The molecular weight excluding hydrogens is 292 g/mol. The van der Waals surface area contributed by atoms with E-state index in [2.05, 4.69) is 15.4 Å². The Kier molecular flexibility index (Phi) is 4.44. The maximum atomic E-state index is 12.2. The van der Waals surface area contributed by atoms with Gasteiger partial charge in [0.25, 0.3) is 0 Å². The van der Waals surface area contributed by atoms with Crippen LogP contribution in [0.5, 0.6) is 0 Å².